The van der Waals surface area contributed by atoms with Gasteiger partial charge in [0.15, 0.2) is 0 Å². The molecule has 1 unspecified atom stereocenters. The first kappa shape index (κ1) is 21.2. The van der Waals surface area contributed by atoms with Gasteiger partial charge in [0.25, 0.3) is 0 Å². The molecule has 2 aromatic carbocycles. The Bertz CT molecular complexity index is 1240. The molecule has 0 saturated carbocycles. The fourth-order valence-electron chi connectivity index (χ4n) is 4.21. The van der Waals surface area contributed by atoms with Gasteiger partial charge in [-0.3, -0.25) is 9.91 Å². The largest absolute Gasteiger partial charge is 0.488 e. The molecule has 1 saturated heterocycles. The van der Waals surface area contributed by atoms with E-state index >= 15 is 0 Å². The average molecular weight is 441 g/mol. The maximum absolute atomic E-state index is 6.33. The molecule has 2 aliphatic rings. The summed E-state index contributed by atoms with van der Waals surface area (Å²) in [5.41, 5.74) is 3.70. The van der Waals surface area contributed by atoms with Gasteiger partial charge in [0, 0.05) is 73.8 Å². The van der Waals surface area contributed by atoms with Crippen LogP contribution in [0.2, 0.25) is 0 Å². The van der Waals surface area contributed by atoms with Crippen molar-refractivity contribution in [3.63, 3.8) is 0 Å². The minimum absolute atomic E-state index is 0.206. The van der Waals surface area contributed by atoms with E-state index in [2.05, 4.69) is 57.2 Å². The van der Waals surface area contributed by atoms with Gasteiger partial charge in [-0.25, -0.2) is 9.97 Å². The molecule has 3 heterocycles. The molecule has 0 amide bonds. The van der Waals surface area contributed by atoms with Crippen LogP contribution >= 0.6 is 0 Å². The Hall–Kier alpha value is -3.63. The summed E-state index contributed by atoms with van der Waals surface area (Å²) < 4.78 is 6.33. The second-order valence-electron chi connectivity index (χ2n) is 9.03. The molecule has 1 atom stereocenters. The Morgan fingerprint density at radius 1 is 1.15 bits per heavy atom. The van der Waals surface area contributed by atoms with Crippen LogP contribution in [-0.4, -0.2) is 64.9 Å². The molecule has 3 aromatic rings. The van der Waals surface area contributed by atoms with Crippen molar-refractivity contribution in [3.05, 3.63) is 53.7 Å². The standard InChI is InChI=1S/C26H28N6O/c1-5-18-6-7-25-20(8-18)12-27-26(30-25)29-22-9-19(21-13-28-31(4)14-21)10-23(11-22)33-24-15-32(16-24)17(2)3/h1,6-13,17,21,24H,14-16H2,2-4H3,(H,27,29,30). The van der Waals surface area contributed by atoms with Crippen LogP contribution in [0.5, 0.6) is 5.75 Å². The van der Waals surface area contributed by atoms with Gasteiger partial charge in [-0.2, -0.15) is 5.10 Å². The molecule has 1 aromatic heterocycles. The van der Waals surface area contributed by atoms with Crippen molar-refractivity contribution in [1.82, 2.24) is 19.9 Å². The number of ether oxygens (including phenoxy) is 1. The first-order valence-electron chi connectivity index (χ1n) is 11.3. The number of aromatic nitrogens is 2. The molecule has 0 bridgehead atoms. The minimum Gasteiger partial charge on any atom is -0.488 e. The van der Waals surface area contributed by atoms with Crippen molar-refractivity contribution in [2.75, 3.05) is 32.0 Å². The zero-order valence-electron chi connectivity index (χ0n) is 19.2. The minimum atomic E-state index is 0.206. The molecule has 7 heteroatoms. The number of fused-ring (bicyclic) bond motifs is 1. The highest BCUT2D eigenvalue weighted by atomic mass is 16.5. The fourth-order valence-corrected chi connectivity index (χ4v) is 4.21. The number of anilines is 2. The van der Waals surface area contributed by atoms with Crippen LogP contribution in [0.15, 0.2) is 47.7 Å². The third kappa shape index (κ3) is 4.62. The number of nitrogens with zero attached hydrogens (tertiary/aromatic N) is 5. The third-order valence-electron chi connectivity index (χ3n) is 6.17. The molecule has 33 heavy (non-hydrogen) atoms. The normalized spacial score (nSPS) is 18.5. The topological polar surface area (TPSA) is 65.9 Å². The zero-order chi connectivity index (χ0) is 22.9. The SMILES string of the molecule is C#Cc1ccc2nc(Nc3cc(OC4CN(C(C)C)C4)cc(C4C=NN(C)C4)c3)ncc2c1. The lowest BCUT2D eigenvalue weighted by Gasteiger charge is -2.41. The van der Waals surface area contributed by atoms with E-state index in [4.69, 9.17) is 11.2 Å². The average Bonchev–Trinajstić information content (AvgIpc) is 3.21. The van der Waals surface area contributed by atoms with E-state index in [1.165, 1.54) is 0 Å². The van der Waals surface area contributed by atoms with Crippen molar-refractivity contribution in [2.24, 2.45) is 5.10 Å². The van der Waals surface area contributed by atoms with Crippen LogP contribution in [0.25, 0.3) is 10.9 Å². The van der Waals surface area contributed by atoms with Gasteiger partial charge in [0.1, 0.15) is 11.9 Å². The Labute approximate surface area is 194 Å². The van der Waals surface area contributed by atoms with Crippen LogP contribution in [0.4, 0.5) is 11.6 Å². The summed E-state index contributed by atoms with van der Waals surface area (Å²) in [5.74, 6) is 4.25. The quantitative estimate of drug-likeness (QED) is 0.588. The maximum atomic E-state index is 6.33. The summed E-state index contributed by atoms with van der Waals surface area (Å²) in [6, 6.07) is 12.5. The van der Waals surface area contributed by atoms with Crippen molar-refractivity contribution in [1.29, 1.82) is 0 Å². The van der Waals surface area contributed by atoms with E-state index in [0.717, 1.165) is 53.1 Å². The van der Waals surface area contributed by atoms with E-state index in [0.29, 0.717) is 12.0 Å². The Kier molecular flexibility index (Phi) is 5.61. The zero-order valence-corrected chi connectivity index (χ0v) is 19.2. The summed E-state index contributed by atoms with van der Waals surface area (Å²) in [7, 11) is 1.99. The highest BCUT2D eigenvalue weighted by Crippen LogP contribution is 2.31. The fraction of sp³-hybridized carbons (Fsp3) is 0.346. The molecule has 0 radical (unpaired) electrons. The summed E-state index contributed by atoms with van der Waals surface area (Å²) >= 11 is 0. The number of hydrogen-bond acceptors (Lipinski definition) is 7. The van der Waals surface area contributed by atoms with Gasteiger partial charge in [-0.1, -0.05) is 5.92 Å². The molecular weight excluding hydrogens is 412 g/mol. The van der Waals surface area contributed by atoms with E-state index < -0.39 is 0 Å². The number of likely N-dealkylation sites (N-methyl/N-ethyl adjacent to an activating group) is 1. The summed E-state index contributed by atoms with van der Waals surface area (Å²) in [4.78, 5) is 11.6. The number of hydrogen-bond donors (Lipinski definition) is 1. The predicted molar refractivity (Wildman–Crippen MR) is 132 cm³/mol. The number of benzene rings is 2. The van der Waals surface area contributed by atoms with Gasteiger partial charge in [0.2, 0.25) is 5.95 Å². The van der Waals surface area contributed by atoms with Crippen molar-refractivity contribution in [2.45, 2.75) is 31.9 Å². The van der Waals surface area contributed by atoms with Crippen LogP contribution in [0.3, 0.4) is 0 Å². The van der Waals surface area contributed by atoms with Crippen molar-refractivity contribution >= 4 is 28.8 Å². The molecule has 1 fully saturated rings. The number of hydrazone groups is 1. The lowest BCUT2D eigenvalue weighted by molar-refractivity contribution is 0.000146. The Morgan fingerprint density at radius 3 is 2.73 bits per heavy atom. The molecule has 1 N–H and O–H groups in total. The van der Waals surface area contributed by atoms with Crippen LogP contribution in [0, 0.1) is 12.3 Å². The Balaban J connectivity index is 1.40. The number of likely N-dealkylation sites (tertiary alicyclic amines) is 1. The maximum Gasteiger partial charge on any atom is 0.227 e. The van der Waals surface area contributed by atoms with E-state index in [1.54, 1.807) is 6.20 Å². The highest BCUT2D eigenvalue weighted by Gasteiger charge is 2.30. The summed E-state index contributed by atoms with van der Waals surface area (Å²) in [6.07, 6.45) is 9.49. The van der Waals surface area contributed by atoms with E-state index in [-0.39, 0.29) is 12.0 Å². The molecule has 0 spiro atoms. The van der Waals surface area contributed by atoms with E-state index in [1.807, 2.05) is 42.5 Å². The van der Waals surface area contributed by atoms with Gasteiger partial charge in [-0.15, -0.1) is 6.42 Å². The van der Waals surface area contributed by atoms with Gasteiger partial charge >= 0.3 is 0 Å². The molecule has 5 rings (SSSR count). The number of terminal acetylenes is 1. The third-order valence-corrected chi connectivity index (χ3v) is 6.17. The number of nitrogens with one attached hydrogen (secondary N) is 1. The first-order chi connectivity index (χ1) is 16.0. The van der Waals surface area contributed by atoms with Crippen molar-refractivity contribution in [3.8, 4) is 18.1 Å². The van der Waals surface area contributed by atoms with Crippen LogP contribution in [-0.2, 0) is 0 Å². The molecule has 7 nitrogen and oxygen atoms in total. The second kappa shape index (κ2) is 8.72. The smallest absolute Gasteiger partial charge is 0.227 e. The summed E-state index contributed by atoms with van der Waals surface area (Å²) in [5, 5.41) is 10.6. The molecule has 168 valence electrons. The summed E-state index contributed by atoms with van der Waals surface area (Å²) in [6.45, 7) is 7.17. The Morgan fingerprint density at radius 2 is 2.00 bits per heavy atom. The lowest BCUT2D eigenvalue weighted by Crippen LogP contribution is -2.56. The van der Waals surface area contributed by atoms with Gasteiger partial charge < -0.3 is 10.1 Å². The second-order valence-corrected chi connectivity index (χ2v) is 9.03. The lowest BCUT2D eigenvalue weighted by atomic mass is 9.99. The molecule has 2 aliphatic heterocycles. The predicted octanol–water partition coefficient (Wildman–Crippen LogP) is 3.84. The van der Waals surface area contributed by atoms with Crippen LogP contribution in [0.1, 0.15) is 30.9 Å². The highest BCUT2D eigenvalue weighted by molar-refractivity contribution is 5.81. The molecular formula is C26H28N6O. The van der Waals surface area contributed by atoms with Gasteiger partial charge in [-0.05, 0) is 49.7 Å². The van der Waals surface area contributed by atoms with Gasteiger partial charge in [0.05, 0.1) is 5.52 Å². The number of rotatable bonds is 6. The van der Waals surface area contributed by atoms with E-state index in [9.17, 15) is 0 Å². The first-order valence-corrected chi connectivity index (χ1v) is 11.3. The van der Waals surface area contributed by atoms with Crippen LogP contribution < -0.4 is 10.1 Å². The van der Waals surface area contributed by atoms with Crippen molar-refractivity contribution < 1.29 is 4.74 Å². The molecule has 0 aliphatic carbocycles. The monoisotopic (exact) mass is 440 g/mol.